The molecule has 7 nitrogen and oxygen atoms in total. The first-order valence-corrected chi connectivity index (χ1v) is 13.4. The molecule has 0 radical (unpaired) electrons. The van der Waals surface area contributed by atoms with Gasteiger partial charge >= 0.3 is 0 Å². The minimum atomic E-state index is -0.604. The Hall–Kier alpha value is -2.85. The molecule has 2 amide bonds. The van der Waals surface area contributed by atoms with Crippen LogP contribution in [0.15, 0.2) is 50.8 Å². The van der Waals surface area contributed by atoms with Crippen LogP contribution in [-0.2, 0) is 9.59 Å². The predicted octanol–water partition coefficient (Wildman–Crippen LogP) is 5.79. The molecule has 1 aliphatic carbocycles. The van der Waals surface area contributed by atoms with E-state index in [0.717, 1.165) is 32.1 Å². The van der Waals surface area contributed by atoms with Crippen molar-refractivity contribution in [2.75, 3.05) is 13.2 Å². The molecule has 2 aromatic carbocycles. The largest absolute Gasteiger partial charge is 0.490 e. The number of halogens is 2. The van der Waals surface area contributed by atoms with E-state index < -0.39 is 11.7 Å². The number of primary amides is 1. The van der Waals surface area contributed by atoms with Gasteiger partial charge in [-0.2, -0.15) is 0 Å². The number of benzene rings is 2. The van der Waals surface area contributed by atoms with Crippen LogP contribution in [0.1, 0.15) is 44.6 Å². The van der Waals surface area contributed by atoms with E-state index in [1.165, 1.54) is 17.8 Å². The van der Waals surface area contributed by atoms with Crippen molar-refractivity contribution in [3.05, 3.63) is 57.2 Å². The number of carbonyl (C=O) groups excluding carboxylic acids is 2. The van der Waals surface area contributed by atoms with Crippen LogP contribution < -0.4 is 15.2 Å². The number of amides is 2. The van der Waals surface area contributed by atoms with Crippen molar-refractivity contribution >= 4 is 56.4 Å². The number of rotatable bonds is 8. The summed E-state index contributed by atoms with van der Waals surface area (Å²) in [5.74, 6) is -0.414. The summed E-state index contributed by atoms with van der Waals surface area (Å²) in [5, 5.41) is 0.480. The van der Waals surface area contributed by atoms with Crippen molar-refractivity contribution in [1.29, 1.82) is 0 Å². The van der Waals surface area contributed by atoms with Gasteiger partial charge in [0.25, 0.3) is 11.8 Å². The number of hydrogen-bond donors (Lipinski definition) is 1. The normalized spacial score (nSPS) is 18.8. The molecule has 190 valence electrons. The Bertz CT molecular complexity index is 1210. The van der Waals surface area contributed by atoms with Gasteiger partial charge in [0.15, 0.2) is 23.3 Å². The number of carbonyl (C=O) groups is 2. The van der Waals surface area contributed by atoms with Gasteiger partial charge in [-0.15, -0.1) is 0 Å². The molecule has 0 aromatic heterocycles. The smallest absolute Gasteiger partial charge is 0.267 e. The van der Waals surface area contributed by atoms with E-state index in [4.69, 9.17) is 15.2 Å². The highest BCUT2D eigenvalue weighted by Crippen LogP contribution is 2.41. The lowest BCUT2D eigenvalue weighted by Crippen LogP contribution is -2.40. The molecule has 0 spiro atoms. The molecule has 4 rings (SSSR count). The molecule has 1 aliphatic heterocycles. The number of para-hydroxylation sites is 1. The molecule has 0 unspecified atom stereocenters. The van der Waals surface area contributed by atoms with Gasteiger partial charge in [-0.3, -0.25) is 14.5 Å². The molecule has 2 N–H and O–H groups in total. The summed E-state index contributed by atoms with van der Waals surface area (Å²) >= 11 is 4.70. The fourth-order valence-electron chi connectivity index (χ4n) is 4.24. The van der Waals surface area contributed by atoms with Crippen molar-refractivity contribution in [3.8, 4) is 11.5 Å². The molecule has 1 saturated carbocycles. The zero-order valence-electron chi connectivity index (χ0n) is 19.8. The van der Waals surface area contributed by atoms with Gasteiger partial charge in [0, 0.05) is 6.04 Å². The molecule has 36 heavy (non-hydrogen) atoms. The summed E-state index contributed by atoms with van der Waals surface area (Å²) in [6.07, 6.45) is 6.78. The Morgan fingerprint density at radius 3 is 2.69 bits per heavy atom. The van der Waals surface area contributed by atoms with Crippen LogP contribution in [0.5, 0.6) is 11.5 Å². The van der Waals surface area contributed by atoms with Crippen LogP contribution in [0.3, 0.4) is 0 Å². The predicted molar refractivity (Wildman–Crippen MR) is 143 cm³/mol. The van der Waals surface area contributed by atoms with E-state index in [1.54, 1.807) is 41.3 Å². The number of aliphatic imine (C=N–C) groups is 1. The molecule has 10 heteroatoms. The summed E-state index contributed by atoms with van der Waals surface area (Å²) in [6, 6.07) is 9.84. The van der Waals surface area contributed by atoms with E-state index in [1.807, 2.05) is 6.92 Å². The van der Waals surface area contributed by atoms with E-state index in [9.17, 15) is 14.0 Å². The molecule has 0 bridgehead atoms. The lowest BCUT2D eigenvalue weighted by atomic mass is 9.94. The number of nitrogens with two attached hydrogens (primary N) is 1. The Labute approximate surface area is 222 Å². The lowest BCUT2D eigenvalue weighted by Gasteiger charge is -2.30. The Morgan fingerprint density at radius 1 is 1.25 bits per heavy atom. The highest BCUT2D eigenvalue weighted by molar-refractivity contribution is 9.10. The van der Waals surface area contributed by atoms with Gasteiger partial charge in [-0.25, -0.2) is 9.38 Å². The lowest BCUT2D eigenvalue weighted by molar-refractivity contribution is -0.124. The van der Waals surface area contributed by atoms with Crippen LogP contribution in [0.25, 0.3) is 6.08 Å². The third-order valence-electron chi connectivity index (χ3n) is 5.83. The van der Waals surface area contributed by atoms with Crippen LogP contribution in [-0.4, -0.2) is 41.1 Å². The number of nitrogens with zero attached hydrogens (tertiary/aromatic N) is 2. The standard InChI is InChI=1S/C26H27BrFN3O4S/c1-2-34-21-13-16(12-18(27)24(21)35-15-23(29)32)14-22-25(33)31(17-8-4-3-5-9-17)26(36-22)30-20-11-7-6-10-19(20)28/h6-7,10-14,17H,2-5,8-9,15H2,1H3,(H2,29,32)/b22-14-,30-26?. The quantitative estimate of drug-likeness (QED) is 0.402. The fourth-order valence-corrected chi connectivity index (χ4v) is 5.87. The van der Waals surface area contributed by atoms with Crippen molar-refractivity contribution in [2.45, 2.75) is 45.1 Å². The minimum absolute atomic E-state index is 0.0328. The maximum Gasteiger partial charge on any atom is 0.267 e. The van der Waals surface area contributed by atoms with Gasteiger partial charge in [-0.05, 0) is 83.4 Å². The van der Waals surface area contributed by atoms with Crippen molar-refractivity contribution in [2.24, 2.45) is 10.7 Å². The molecule has 2 fully saturated rings. The second-order valence-corrected chi connectivity index (χ2v) is 10.3. The SMILES string of the molecule is CCOc1cc(/C=C2\SC(=Nc3ccccc3F)N(C3CCCCC3)C2=O)cc(Br)c1OCC(N)=O. The second-order valence-electron chi connectivity index (χ2n) is 8.44. The third-order valence-corrected chi connectivity index (χ3v) is 7.41. The maximum atomic E-state index is 14.4. The summed E-state index contributed by atoms with van der Waals surface area (Å²) in [6.45, 7) is 1.92. The first-order valence-electron chi connectivity index (χ1n) is 11.8. The number of ether oxygens (including phenoxy) is 2. The van der Waals surface area contributed by atoms with Gasteiger partial charge in [0.2, 0.25) is 0 Å². The maximum absolute atomic E-state index is 14.4. The minimum Gasteiger partial charge on any atom is -0.490 e. The number of thioether (sulfide) groups is 1. The summed E-state index contributed by atoms with van der Waals surface area (Å²) in [5.41, 5.74) is 6.11. The van der Waals surface area contributed by atoms with Crippen LogP contribution in [0.4, 0.5) is 10.1 Å². The topological polar surface area (TPSA) is 94.2 Å². The van der Waals surface area contributed by atoms with E-state index >= 15 is 0 Å². The van der Waals surface area contributed by atoms with Crippen molar-refractivity contribution in [3.63, 3.8) is 0 Å². The number of amidine groups is 1. The van der Waals surface area contributed by atoms with Crippen LogP contribution >= 0.6 is 27.7 Å². The zero-order valence-corrected chi connectivity index (χ0v) is 22.2. The molecule has 2 aliphatic rings. The summed E-state index contributed by atoms with van der Waals surface area (Å²) in [7, 11) is 0. The van der Waals surface area contributed by atoms with Crippen LogP contribution in [0, 0.1) is 5.82 Å². The number of hydrogen-bond acceptors (Lipinski definition) is 6. The summed E-state index contributed by atoms with van der Waals surface area (Å²) in [4.78, 5) is 31.5. The monoisotopic (exact) mass is 575 g/mol. The van der Waals surface area contributed by atoms with Gasteiger partial charge < -0.3 is 15.2 Å². The molecule has 1 heterocycles. The highest BCUT2D eigenvalue weighted by Gasteiger charge is 2.39. The highest BCUT2D eigenvalue weighted by atomic mass is 79.9. The first kappa shape index (κ1) is 26.2. The average molecular weight is 576 g/mol. The first-order chi connectivity index (χ1) is 17.4. The molecule has 1 saturated heterocycles. The van der Waals surface area contributed by atoms with Gasteiger partial charge in [0.05, 0.1) is 16.0 Å². The third kappa shape index (κ3) is 6.10. The zero-order chi connectivity index (χ0) is 25.7. The molecular weight excluding hydrogens is 549 g/mol. The molecular formula is C26H27BrFN3O4S. The van der Waals surface area contributed by atoms with Crippen LogP contribution in [0.2, 0.25) is 0 Å². The van der Waals surface area contributed by atoms with E-state index in [0.29, 0.717) is 38.2 Å². The van der Waals surface area contributed by atoms with Gasteiger partial charge in [0.1, 0.15) is 11.5 Å². The Balaban J connectivity index is 1.70. The van der Waals surface area contributed by atoms with Crippen molar-refractivity contribution < 1.29 is 23.5 Å². The van der Waals surface area contributed by atoms with Gasteiger partial charge in [-0.1, -0.05) is 31.4 Å². The second kappa shape index (κ2) is 11.9. The Kier molecular flexibility index (Phi) is 8.68. The van der Waals surface area contributed by atoms with E-state index in [-0.39, 0.29) is 24.2 Å². The summed E-state index contributed by atoms with van der Waals surface area (Å²) < 4.78 is 26.2. The molecule has 0 atom stereocenters. The average Bonchev–Trinajstić information content (AvgIpc) is 3.15. The fraction of sp³-hybridized carbons (Fsp3) is 0.346. The Morgan fingerprint density at radius 2 is 2.00 bits per heavy atom. The molecule has 2 aromatic rings. The van der Waals surface area contributed by atoms with E-state index in [2.05, 4.69) is 20.9 Å². The van der Waals surface area contributed by atoms with Crippen molar-refractivity contribution in [1.82, 2.24) is 4.90 Å².